The molecule has 4 nitrogen and oxygen atoms in total. The maximum absolute atomic E-state index is 12.6. The van der Waals surface area contributed by atoms with Crippen molar-refractivity contribution in [3.05, 3.63) is 16.3 Å². The zero-order chi connectivity index (χ0) is 13.2. The Labute approximate surface area is 113 Å². The van der Waals surface area contributed by atoms with E-state index in [0.29, 0.717) is 23.9 Å². The van der Waals surface area contributed by atoms with Crippen LogP contribution in [0.2, 0.25) is 0 Å². The van der Waals surface area contributed by atoms with Gasteiger partial charge in [0.1, 0.15) is 0 Å². The van der Waals surface area contributed by atoms with Crippen LogP contribution in [0.15, 0.2) is 16.3 Å². The summed E-state index contributed by atoms with van der Waals surface area (Å²) >= 11 is 1.41. The van der Waals surface area contributed by atoms with Crippen LogP contribution >= 0.6 is 11.3 Å². The van der Waals surface area contributed by atoms with E-state index in [1.165, 1.54) is 17.8 Å². The zero-order valence-corrected chi connectivity index (χ0v) is 12.3. The topological polar surface area (TPSA) is 63.4 Å². The number of nitrogens with two attached hydrogens (primary N) is 1. The van der Waals surface area contributed by atoms with Gasteiger partial charge < -0.3 is 5.73 Å². The lowest BCUT2D eigenvalue weighted by atomic mass is 9.85. The Hall–Kier alpha value is -0.430. The van der Waals surface area contributed by atoms with Gasteiger partial charge in [0.05, 0.1) is 4.90 Å². The maximum atomic E-state index is 12.6. The standard InChI is InChI=1S/C12H20N2O2S2/c1-2-14(9-10-4-3-5-10)18(15,16)12-6-7-17-11(12)8-13/h6-7,10H,2-5,8-9,13H2,1H3. The molecule has 0 bridgehead atoms. The molecule has 6 heteroatoms. The fraction of sp³-hybridized carbons (Fsp3) is 0.667. The molecule has 1 heterocycles. The van der Waals surface area contributed by atoms with Gasteiger partial charge in [-0.1, -0.05) is 13.3 Å². The Bertz CT molecular complexity index is 492. The lowest BCUT2D eigenvalue weighted by Crippen LogP contribution is -2.37. The van der Waals surface area contributed by atoms with Crippen molar-refractivity contribution in [3.63, 3.8) is 0 Å². The zero-order valence-electron chi connectivity index (χ0n) is 10.6. The molecule has 0 spiro atoms. The van der Waals surface area contributed by atoms with Crippen molar-refractivity contribution < 1.29 is 8.42 Å². The van der Waals surface area contributed by atoms with Gasteiger partial charge in [0, 0.05) is 24.5 Å². The summed E-state index contributed by atoms with van der Waals surface area (Å²) in [6.07, 6.45) is 3.54. The predicted octanol–water partition coefficient (Wildman–Crippen LogP) is 2.02. The third-order valence-corrected chi connectivity index (χ3v) is 6.64. The van der Waals surface area contributed by atoms with Crippen LogP contribution in [-0.2, 0) is 16.6 Å². The van der Waals surface area contributed by atoms with Gasteiger partial charge in [-0.05, 0) is 30.2 Å². The summed E-state index contributed by atoms with van der Waals surface area (Å²) in [7, 11) is -3.36. The summed E-state index contributed by atoms with van der Waals surface area (Å²) in [6.45, 7) is 3.36. The quantitative estimate of drug-likeness (QED) is 0.871. The first-order chi connectivity index (χ1) is 8.59. The highest BCUT2D eigenvalue weighted by atomic mass is 32.2. The lowest BCUT2D eigenvalue weighted by molar-refractivity contribution is 0.250. The molecule has 0 unspecified atom stereocenters. The second-order valence-electron chi connectivity index (χ2n) is 4.66. The summed E-state index contributed by atoms with van der Waals surface area (Å²) in [5.41, 5.74) is 5.60. The fourth-order valence-corrected chi connectivity index (χ4v) is 5.04. The van der Waals surface area contributed by atoms with Gasteiger partial charge in [-0.15, -0.1) is 11.3 Å². The van der Waals surface area contributed by atoms with Gasteiger partial charge in [0.2, 0.25) is 10.0 Å². The van der Waals surface area contributed by atoms with E-state index in [4.69, 9.17) is 5.73 Å². The van der Waals surface area contributed by atoms with Gasteiger partial charge in [-0.3, -0.25) is 0 Å². The number of hydrogen-bond acceptors (Lipinski definition) is 4. The number of nitrogens with zero attached hydrogens (tertiary/aromatic N) is 1. The molecule has 0 atom stereocenters. The van der Waals surface area contributed by atoms with Gasteiger partial charge >= 0.3 is 0 Å². The Morgan fingerprint density at radius 1 is 1.50 bits per heavy atom. The number of hydrogen-bond donors (Lipinski definition) is 1. The van der Waals surface area contributed by atoms with Crippen LogP contribution in [0, 0.1) is 5.92 Å². The van der Waals surface area contributed by atoms with Crippen molar-refractivity contribution in [2.75, 3.05) is 13.1 Å². The first kappa shape index (κ1) is 14.0. The second-order valence-corrected chi connectivity index (χ2v) is 7.57. The minimum Gasteiger partial charge on any atom is -0.326 e. The van der Waals surface area contributed by atoms with Gasteiger partial charge in [0.15, 0.2) is 0 Å². The molecule has 0 amide bonds. The molecular formula is C12H20N2O2S2. The third-order valence-electron chi connectivity index (χ3n) is 3.55. The summed E-state index contributed by atoms with van der Waals surface area (Å²) in [4.78, 5) is 1.15. The van der Waals surface area contributed by atoms with Crippen molar-refractivity contribution in [2.45, 2.75) is 37.6 Å². The highest BCUT2D eigenvalue weighted by Crippen LogP contribution is 2.30. The first-order valence-electron chi connectivity index (χ1n) is 6.36. The number of sulfonamides is 1. The van der Waals surface area contributed by atoms with E-state index in [1.807, 2.05) is 6.92 Å². The van der Waals surface area contributed by atoms with Crippen molar-refractivity contribution in [1.82, 2.24) is 4.31 Å². The Kier molecular flexibility index (Phi) is 4.42. The minimum atomic E-state index is -3.36. The van der Waals surface area contributed by atoms with E-state index >= 15 is 0 Å². The Morgan fingerprint density at radius 2 is 2.22 bits per heavy atom. The molecule has 1 saturated carbocycles. The minimum absolute atomic E-state index is 0.285. The highest BCUT2D eigenvalue weighted by molar-refractivity contribution is 7.89. The molecule has 102 valence electrons. The molecule has 0 radical (unpaired) electrons. The van der Waals surface area contributed by atoms with Crippen LogP contribution in [0.4, 0.5) is 0 Å². The Morgan fingerprint density at radius 3 is 2.72 bits per heavy atom. The summed E-state index contributed by atoms with van der Waals surface area (Å²) in [6, 6.07) is 1.67. The van der Waals surface area contributed by atoms with Crippen LogP contribution in [0.5, 0.6) is 0 Å². The third kappa shape index (κ3) is 2.61. The molecule has 1 aliphatic rings. The molecule has 0 aromatic carbocycles. The molecule has 18 heavy (non-hydrogen) atoms. The van der Waals surface area contributed by atoms with E-state index in [-0.39, 0.29) is 6.54 Å². The molecule has 1 aromatic heterocycles. The molecule has 1 aliphatic carbocycles. The molecule has 2 rings (SSSR count). The summed E-state index contributed by atoms with van der Waals surface area (Å²) in [5, 5.41) is 1.80. The average Bonchev–Trinajstić information content (AvgIpc) is 2.76. The second kappa shape index (κ2) is 5.69. The molecule has 1 aromatic rings. The van der Waals surface area contributed by atoms with E-state index in [2.05, 4.69) is 0 Å². The van der Waals surface area contributed by atoms with Crippen molar-refractivity contribution in [1.29, 1.82) is 0 Å². The van der Waals surface area contributed by atoms with Crippen LogP contribution in [0.25, 0.3) is 0 Å². The van der Waals surface area contributed by atoms with Crippen molar-refractivity contribution in [3.8, 4) is 0 Å². The van der Waals surface area contributed by atoms with Crippen molar-refractivity contribution >= 4 is 21.4 Å². The van der Waals surface area contributed by atoms with E-state index in [1.54, 1.807) is 15.8 Å². The maximum Gasteiger partial charge on any atom is 0.244 e. The highest BCUT2D eigenvalue weighted by Gasteiger charge is 2.30. The molecule has 1 fully saturated rings. The van der Waals surface area contributed by atoms with Crippen molar-refractivity contribution in [2.24, 2.45) is 11.7 Å². The van der Waals surface area contributed by atoms with Crippen LogP contribution < -0.4 is 5.73 Å². The van der Waals surface area contributed by atoms with Gasteiger partial charge in [0.25, 0.3) is 0 Å². The summed E-state index contributed by atoms with van der Waals surface area (Å²) < 4.78 is 26.7. The largest absolute Gasteiger partial charge is 0.326 e. The average molecular weight is 288 g/mol. The van der Waals surface area contributed by atoms with Gasteiger partial charge in [-0.25, -0.2) is 8.42 Å². The first-order valence-corrected chi connectivity index (χ1v) is 8.68. The van der Waals surface area contributed by atoms with Crippen LogP contribution in [0.1, 0.15) is 31.1 Å². The van der Waals surface area contributed by atoms with Gasteiger partial charge in [-0.2, -0.15) is 4.31 Å². The number of thiophene rings is 1. The monoisotopic (exact) mass is 288 g/mol. The normalized spacial score (nSPS) is 17.1. The van der Waals surface area contributed by atoms with Crippen LogP contribution in [0.3, 0.4) is 0 Å². The van der Waals surface area contributed by atoms with Crippen LogP contribution in [-0.4, -0.2) is 25.8 Å². The van der Waals surface area contributed by atoms with E-state index in [9.17, 15) is 8.42 Å². The predicted molar refractivity (Wildman–Crippen MR) is 74.0 cm³/mol. The molecule has 0 saturated heterocycles. The Balaban J connectivity index is 2.21. The molecular weight excluding hydrogens is 268 g/mol. The summed E-state index contributed by atoms with van der Waals surface area (Å²) in [5.74, 6) is 0.541. The molecule has 0 aliphatic heterocycles. The SMILES string of the molecule is CCN(CC1CCC1)S(=O)(=O)c1ccsc1CN. The smallest absolute Gasteiger partial charge is 0.244 e. The van der Waals surface area contributed by atoms with E-state index < -0.39 is 10.0 Å². The van der Waals surface area contributed by atoms with E-state index in [0.717, 1.165) is 17.7 Å². The fourth-order valence-electron chi connectivity index (χ4n) is 2.21. The molecule has 2 N–H and O–H groups in total. The number of rotatable bonds is 6. The lowest BCUT2D eigenvalue weighted by Gasteiger charge is -2.31.